The van der Waals surface area contributed by atoms with Gasteiger partial charge in [-0.2, -0.15) is 5.10 Å². The third-order valence-electron chi connectivity index (χ3n) is 5.93. The Bertz CT molecular complexity index is 1240. The number of amides is 2. The molecule has 3 aromatic carbocycles. The fourth-order valence-corrected chi connectivity index (χ4v) is 4.01. The van der Waals surface area contributed by atoms with Gasteiger partial charge in [-0.15, -0.1) is 0 Å². The predicted octanol–water partition coefficient (Wildman–Crippen LogP) is 2.44. The van der Waals surface area contributed by atoms with Crippen LogP contribution in [0.25, 0.3) is 0 Å². The molecule has 0 bridgehead atoms. The van der Waals surface area contributed by atoms with E-state index in [-0.39, 0.29) is 18.4 Å². The van der Waals surface area contributed by atoms with Crippen molar-refractivity contribution in [1.82, 2.24) is 10.2 Å². The van der Waals surface area contributed by atoms with Gasteiger partial charge < -0.3 is 21.4 Å². The molecule has 1 aliphatic rings. The number of rotatable bonds is 7. The van der Waals surface area contributed by atoms with E-state index in [9.17, 15) is 9.59 Å². The third-order valence-corrected chi connectivity index (χ3v) is 5.93. The van der Waals surface area contributed by atoms with E-state index < -0.39 is 0 Å². The highest BCUT2D eigenvalue weighted by Crippen LogP contribution is 2.22. The maximum atomic E-state index is 12.9. The van der Waals surface area contributed by atoms with Crippen LogP contribution in [0.5, 0.6) is 0 Å². The number of carbonyl (C=O) groups excluding carboxylic acids is 2. The van der Waals surface area contributed by atoms with E-state index in [1.54, 1.807) is 36.4 Å². The molecule has 0 unspecified atom stereocenters. The fourth-order valence-electron chi connectivity index (χ4n) is 4.01. The van der Waals surface area contributed by atoms with E-state index in [2.05, 4.69) is 33.7 Å². The fraction of sp³-hybridized carbons (Fsp3) is 0.192. The first-order valence-corrected chi connectivity index (χ1v) is 11.3. The summed E-state index contributed by atoms with van der Waals surface area (Å²) in [5, 5.41) is 10.5. The van der Waals surface area contributed by atoms with Crippen LogP contribution in [-0.4, -0.2) is 36.6 Å². The number of likely N-dealkylation sites (N-methyl/N-ethyl adjacent to an activating group) is 1. The SMILES string of the molecule is CN1CCc2ccc(NC(=O)c3cccc(CNC(=O)c4ccc(N(N)/C=N\N)cc4)c3)cc2C1. The van der Waals surface area contributed by atoms with Crippen LogP contribution in [0.3, 0.4) is 0 Å². The first kappa shape index (κ1) is 23.9. The van der Waals surface area contributed by atoms with E-state index in [1.165, 1.54) is 22.5 Å². The van der Waals surface area contributed by atoms with Gasteiger partial charge in [0.1, 0.15) is 6.34 Å². The normalized spacial score (nSPS) is 13.3. The Hall–Kier alpha value is -4.21. The summed E-state index contributed by atoms with van der Waals surface area (Å²) in [4.78, 5) is 27.7. The summed E-state index contributed by atoms with van der Waals surface area (Å²) >= 11 is 0. The summed E-state index contributed by atoms with van der Waals surface area (Å²) in [6.07, 6.45) is 2.29. The first-order chi connectivity index (χ1) is 16.9. The van der Waals surface area contributed by atoms with Crippen molar-refractivity contribution in [2.75, 3.05) is 23.9 Å². The lowest BCUT2D eigenvalue weighted by Crippen LogP contribution is -2.29. The lowest BCUT2D eigenvalue weighted by molar-refractivity contribution is 0.0950. The molecule has 0 fully saturated rings. The quantitative estimate of drug-likeness (QED) is 0.181. The van der Waals surface area contributed by atoms with Crippen LogP contribution >= 0.6 is 0 Å². The highest BCUT2D eigenvalue weighted by molar-refractivity contribution is 6.04. The van der Waals surface area contributed by atoms with Gasteiger partial charge in [-0.05, 0) is 78.7 Å². The molecule has 4 rings (SSSR count). The van der Waals surface area contributed by atoms with Crippen molar-refractivity contribution in [3.63, 3.8) is 0 Å². The standard InChI is InChI=1S/C26H29N7O2/c1-32-12-11-19-5-8-23(14-22(19)16-32)31-26(35)21-4-2-3-18(13-21)15-29-25(34)20-6-9-24(10-7-20)33(28)17-30-27/h2-10,13-14,17H,11-12,15-16,27-28H2,1H3,(H,29,34)(H,31,35)/b30-17-. The second-order valence-electron chi connectivity index (χ2n) is 8.53. The largest absolute Gasteiger partial charge is 0.348 e. The number of fused-ring (bicyclic) bond motifs is 1. The molecule has 0 saturated heterocycles. The van der Waals surface area contributed by atoms with E-state index >= 15 is 0 Å². The molecule has 0 aliphatic carbocycles. The number of hydrazine groups is 1. The second-order valence-corrected chi connectivity index (χ2v) is 8.53. The number of carbonyl (C=O) groups is 2. The molecule has 2 amide bonds. The molecular weight excluding hydrogens is 442 g/mol. The lowest BCUT2D eigenvalue weighted by Gasteiger charge is -2.25. The van der Waals surface area contributed by atoms with E-state index in [0.29, 0.717) is 16.8 Å². The zero-order valence-corrected chi connectivity index (χ0v) is 19.6. The maximum absolute atomic E-state index is 12.9. The first-order valence-electron chi connectivity index (χ1n) is 11.3. The van der Waals surface area contributed by atoms with Crippen LogP contribution in [0.15, 0.2) is 71.8 Å². The number of nitrogens with zero attached hydrogens (tertiary/aromatic N) is 3. The Labute approximate surface area is 204 Å². The molecule has 180 valence electrons. The van der Waals surface area contributed by atoms with Crippen molar-refractivity contribution in [1.29, 1.82) is 0 Å². The molecule has 6 N–H and O–H groups in total. The summed E-state index contributed by atoms with van der Waals surface area (Å²) in [7, 11) is 2.10. The van der Waals surface area contributed by atoms with Gasteiger partial charge in [-0.3, -0.25) is 14.6 Å². The molecule has 0 atom stereocenters. The molecular formula is C26H29N7O2. The van der Waals surface area contributed by atoms with Crippen LogP contribution in [0.4, 0.5) is 11.4 Å². The van der Waals surface area contributed by atoms with Crippen molar-refractivity contribution in [2.24, 2.45) is 16.8 Å². The van der Waals surface area contributed by atoms with Crippen LogP contribution < -0.4 is 27.3 Å². The minimum atomic E-state index is -0.235. The van der Waals surface area contributed by atoms with Gasteiger partial charge in [0.05, 0.1) is 5.69 Å². The number of benzene rings is 3. The molecule has 0 radical (unpaired) electrons. The zero-order chi connectivity index (χ0) is 24.8. The molecule has 3 aromatic rings. The van der Waals surface area contributed by atoms with Gasteiger partial charge in [-0.1, -0.05) is 18.2 Å². The predicted molar refractivity (Wildman–Crippen MR) is 138 cm³/mol. The number of nitrogens with one attached hydrogen (secondary N) is 2. The Morgan fingerprint density at radius 3 is 2.60 bits per heavy atom. The molecule has 1 aliphatic heterocycles. The summed E-state index contributed by atoms with van der Waals surface area (Å²) in [6.45, 7) is 2.21. The van der Waals surface area contributed by atoms with Gasteiger partial charge in [0.15, 0.2) is 0 Å². The molecule has 1 heterocycles. The minimum Gasteiger partial charge on any atom is -0.348 e. The van der Waals surface area contributed by atoms with Crippen LogP contribution in [0, 0.1) is 0 Å². The van der Waals surface area contributed by atoms with E-state index in [4.69, 9.17) is 11.7 Å². The number of hydrazone groups is 1. The molecule has 9 nitrogen and oxygen atoms in total. The summed E-state index contributed by atoms with van der Waals surface area (Å²) in [5.41, 5.74) is 5.83. The molecule has 35 heavy (non-hydrogen) atoms. The number of hydrogen-bond acceptors (Lipinski definition) is 6. The van der Waals surface area contributed by atoms with Gasteiger partial charge in [0.25, 0.3) is 11.8 Å². The monoisotopic (exact) mass is 471 g/mol. The van der Waals surface area contributed by atoms with Crippen molar-refractivity contribution >= 4 is 29.5 Å². The summed E-state index contributed by atoms with van der Waals surface area (Å²) in [5.74, 6) is 10.4. The van der Waals surface area contributed by atoms with Crippen LogP contribution in [-0.2, 0) is 19.5 Å². The van der Waals surface area contributed by atoms with Crippen molar-refractivity contribution in [2.45, 2.75) is 19.5 Å². The van der Waals surface area contributed by atoms with E-state index in [1.807, 2.05) is 24.3 Å². The van der Waals surface area contributed by atoms with Crippen molar-refractivity contribution in [3.05, 3.63) is 94.5 Å². The highest BCUT2D eigenvalue weighted by Gasteiger charge is 2.15. The average molecular weight is 472 g/mol. The maximum Gasteiger partial charge on any atom is 0.255 e. The molecule has 0 spiro atoms. The molecule has 9 heteroatoms. The Morgan fingerprint density at radius 2 is 1.83 bits per heavy atom. The number of nitrogens with two attached hydrogens (primary N) is 2. The zero-order valence-electron chi connectivity index (χ0n) is 19.6. The second kappa shape index (κ2) is 10.8. The third kappa shape index (κ3) is 6.03. The van der Waals surface area contributed by atoms with Crippen LogP contribution in [0.2, 0.25) is 0 Å². The minimum absolute atomic E-state index is 0.190. The highest BCUT2D eigenvalue weighted by atomic mass is 16.2. The Balaban J connectivity index is 1.36. The van der Waals surface area contributed by atoms with Gasteiger partial charge in [-0.25, -0.2) is 5.84 Å². The topological polar surface area (TPSA) is 129 Å². The van der Waals surface area contributed by atoms with Crippen molar-refractivity contribution < 1.29 is 9.59 Å². The van der Waals surface area contributed by atoms with Crippen molar-refractivity contribution in [3.8, 4) is 0 Å². The summed E-state index contributed by atoms with van der Waals surface area (Å²) in [6, 6.07) is 20.0. The Morgan fingerprint density at radius 1 is 1.03 bits per heavy atom. The van der Waals surface area contributed by atoms with Gasteiger partial charge in [0.2, 0.25) is 0 Å². The molecule has 0 aromatic heterocycles. The van der Waals surface area contributed by atoms with Gasteiger partial charge in [0, 0.05) is 36.4 Å². The number of anilines is 2. The average Bonchev–Trinajstić information content (AvgIpc) is 2.87. The van der Waals surface area contributed by atoms with E-state index in [0.717, 1.165) is 30.8 Å². The smallest absolute Gasteiger partial charge is 0.255 e. The van der Waals surface area contributed by atoms with Crippen LogP contribution in [0.1, 0.15) is 37.4 Å². The summed E-state index contributed by atoms with van der Waals surface area (Å²) < 4.78 is 0. The Kier molecular flexibility index (Phi) is 7.39. The number of hydrogen-bond donors (Lipinski definition) is 4. The molecule has 0 saturated carbocycles. The lowest BCUT2D eigenvalue weighted by atomic mass is 9.99. The van der Waals surface area contributed by atoms with Gasteiger partial charge >= 0.3 is 0 Å².